The van der Waals surface area contributed by atoms with Gasteiger partial charge >= 0.3 is 6.16 Å². The number of nitroso groups, excluding NO2 is 1. The third-order valence-electron chi connectivity index (χ3n) is 4.43. The second-order valence-electron chi connectivity index (χ2n) is 6.75. The van der Waals surface area contributed by atoms with Gasteiger partial charge in [0, 0.05) is 18.6 Å². The average Bonchev–Trinajstić information content (AvgIpc) is 2.68. The van der Waals surface area contributed by atoms with E-state index in [9.17, 15) is 19.8 Å². The highest BCUT2D eigenvalue weighted by Crippen LogP contribution is 2.19. The standard InChI is InChI=1S/C20H30N2O6/c1-2-3-4-5-6-7-8-9-10-18(15-16-21-24)27-20(23)28-19-13-11-17(12-14-19)22(25)26/h11-14,18H,2-10,15-16H2,1H3. The molecule has 156 valence electrons. The molecule has 0 saturated carbocycles. The highest BCUT2D eigenvalue weighted by Gasteiger charge is 2.17. The predicted octanol–water partition coefficient (Wildman–Crippen LogP) is 6.17. The Balaban J connectivity index is 2.35. The molecule has 0 aliphatic heterocycles. The van der Waals surface area contributed by atoms with E-state index in [-0.39, 0.29) is 18.0 Å². The summed E-state index contributed by atoms with van der Waals surface area (Å²) in [6.07, 6.45) is 9.07. The van der Waals surface area contributed by atoms with Gasteiger partial charge in [-0.05, 0) is 25.0 Å². The molecule has 1 atom stereocenters. The lowest BCUT2D eigenvalue weighted by atomic mass is 10.0. The van der Waals surface area contributed by atoms with E-state index in [1.807, 2.05) is 0 Å². The molecule has 0 bridgehead atoms. The SMILES string of the molecule is CCCCCCCCCCC(CCN=O)OC(=O)Oc1ccc([N+](=O)[O-])cc1. The van der Waals surface area contributed by atoms with Gasteiger partial charge in [0.15, 0.2) is 0 Å². The molecule has 0 amide bonds. The van der Waals surface area contributed by atoms with E-state index >= 15 is 0 Å². The number of ether oxygens (including phenoxy) is 2. The van der Waals surface area contributed by atoms with Crippen molar-refractivity contribution in [3.8, 4) is 5.75 Å². The van der Waals surface area contributed by atoms with Crippen molar-refractivity contribution in [1.29, 1.82) is 0 Å². The number of carbonyl (C=O) groups excluding carboxylic acids is 1. The average molecular weight is 394 g/mol. The third kappa shape index (κ3) is 10.6. The first-order chi connectivity index (χ1) is 13.6. The number of hydrogen-bond acceptors (Lipinski definition) is 7. The van der Waals surface area contributed by atoms with Gasteiger partial charge in [-0.25, -0.2) is 4.79 Å². The summed E-state index contributed by atoms with van der Waals surface area (Å²) in [6, 6.07) is 5.16. The molecule has 0 spiro atoms. The van der Waals surface area contributed by atoms with Crippen LogP contribution in [0.5, 0.6) is 5.75 Å². The molecule has 0 aliphatic carbocycles. The molecule has 1 aromatic carbocycles. The highest BCUT2D eigenvalue weighted by atomic mass is 16.7. The Morgan fingerprint density at radius 2 is 1.64 bits per heavy atom. The number of nitro groups is 1. The second-order valence-corrected chi connectivity index (χ2v) is 6.75. The van der Waals surface area contributed by atoms with Crippen LogP contribution in [0.25, 0.3) is 0 Å². The van der Waals surface area contributed by atoms with E-state index in [2.05, 4.69) is 12.1 Å². The number of carbonyl (C=O) groups is 1. The Hall–Kier alpha value is -2.51. The van der Waals surface area contributed by atoms with Gasteiger partial charge in [0.1, 0.15) is 11.9 Å². The summed E-state index contributed by atoms with van der Waals surface area (Å²) in [6.45, 7) is 2.27. The largest absolute Gasteiger partial charge is 0.514 e. The zero-order chi connectivity index (χ0) is 20.6. The number of rotatable bonds is 15. The summed E-state index contributed by atoms with van der Waals surface area (Å²) in [5.74, 6) is 0.162. The van der Waals surface area contributed by atoms with Crippen LogP contribution >= 0.6 is 0 Å². The number of nitro benzene ring substituents is 1. The lowest BCUT2D eigenvalue weighted by molar-refractivity contribution is -0.384. The molecule has 0 fully saturated rings. The molecule has 1 unspecified atom stereocenters. The molecule has 0 aromatic heterocycles. The molecule has 8 nitrogen and oxygen atoms in total. The van der Waals surface area contributed by atoms with E-state index in [1.165, 1.54) is 56.4 Å². The molecule has 1 aromatic rings. The van der Waals surface area contributed by atoms with Crippen molar-refractivity contribution >= 4 is 11.8 Å². The molecule has 0 heterocycles. The van der Waals surface area contributed by atoms with E-state index < -0.39 is 17.2 Å². The van der Waals surface area contributed by atoms with Crippen molar-refractivity contribution in [2.45, 2.75) is 77.2 Å². The van der Waals surface area contributed by atoms with Crippen LogP contribution in [0.15, 0.2) is 29.4 Å². The minimum atomic E-state index is -0.885. The molecular weight excluding hydrogens is 364 g/mol. The first kappa shape index (κ1) is 23.5. The molecule has 0 aliphatic rings. The van der Waals surface area contributed by atoms with Crippen molar-refractivity contribution in [1.82, 2.24) is 0 Å². The quantitative estimate of drug-likeness (QED) is 0.0879. The molecule has 8 heteroatoms. The lowest BCUT2D eigenvalue weighted by Crippen LogP contribution is -2.22. The Labute approximate surface area is 165 Å². The van der Waals surface area contributed by atoms with Gasteiger partial charge in [0.25, 0.3) is 5.69 Å². The molecule has 1 rings (SSSR count). The first-order valence-corrected chi connectivity index (χ1v) is 9.98. The number of unbranched alkanes of at least 4 members (excludes halogenated alkanes) is 7. The van der Waals surface area contributed by atoms with Gasteiger partial charge in [-0.3, -0.25) is 10.1 Å². The van der Waals surface area contributed by atoms with E-state index in [4.69, 9.17) is 9.47 Å². The van der Waals surface area contributed by atoms with Crippen molar-refractivity contribution in [3.63, 3.8) is 0 Å². The summed E-state index contributed by atoms with van der Waals surface area (Å²) < 4.78 is 10.3. The van der Waals surface area contributed by atoms with Crippen LogP contribution in [0.4, 0.5) is 10.5 Å². The zero-order valence-electron chi connectivity index (χ0n) is 16.5. The number of hydrogen-bond donors (Lipinski definition) is 0. The molecule has 0 N–H and O–H groups in total. The van der Waals surface area contributed by atoms with Gasteiger partial charge < -0.3 is 9.47 Å². The fourth-order valence-corrected chi connectivity index (χ4v) is 2.86. The van der Waals surface area contributed by atoms with Gasteiger partial charge in [-0.15, -0.1) is 0 Å². The van der Waals surface area contributed by atoms with Crippen LogP contribution in [0, 0.1) is 15.0 Å². The predicted molar refractivity (Wildman–Crippen MR) is 106 cm³/mol. The maximum atomic E-state index is 12.0. The molecule has 0 radical (unpaired) electrons. The van der Waals surface area contributed by atoms with Crippen molar-refractivity contribution in [2.24, 2.45) is 5.18 Å². The van der Waals surface area contributed by atoms with Crippen molar-refractivity contribution in [3.05, 3.63) is 39.3 Å². The summed E-state index contributed by atoms with van der Waals surface area (Å²) in [5.41, 5.74) is -0.0923. The van der Waals surface area contributed by atoms with Crippen LogP contribution in [0.2, 0.25) is 0 Å². The summed E-state index contributed by atoms with van der Waals surface area (Å²) in [7, 11) is 0. The third-order valence-corrected chi connectivity index (χ3v) is 4.43. The van der Waals surface area contributed by atoms with Crippen molar-refractivity contribution in [2.75, 3.05) is 6.54 Å². The number of nitrogens with zero attached hydrogens (tertiary/aromatic N) is 2. The minimum absolute atomic E-state index is 0.0759. The Kier molecular flexibility index (Phi) is 12.2. The van der Waals surface area contributed by atoms with Crippen LogP contribution in [0.1, 0.15) is 71.1 Å². The van der Waals surface area contributed by atoms with Crippen LogP contribution in [-0.4, -0.2) is 23.7 Å². The van der Waals surface area contributed by atoms with Gasteiger partial charge in [0.2, 0.25) is 0 Å². The summed E-state index contributed by atoms with van der Waals surface area (Å²) >= 11 is 0. The monoisotopic (exact) mass is 394 g/mol. The molecule has 28 heavy (non-hydrogen) atoms. The summed E-state index contributed by atoms with van der Waals surface area (Å²) in [5, 5.41) is 13.5. The molecule has 0 saturated heterocycles. The van der Waals surface area contributed by atoms with Crippen LogP contribution in [-0.2, 0) is 4.74 Å². The van der Waals surface area contributed by atoms with Gasteiger partial charge in [-0.2, -0.15) is 4.91 Å². The normalized spacial score (nSPS) is 11.6. The van der Waals surface area contributed by atoms with E-state index in [0.29, 0.717) is 12.8 Å². The number of non-ortho nitro benzene ring substituents is 1. The first-order valence-electron chi connectivity index (χ1n) is 9.98. The number of benzene rings is 1. The highest BCUT2D eigenvalue weighted by molar-refractivity contribution is 5.64. The Morgan fingerprint density at radius 1 is 1.04 bits per heavy atom. The zero-order valence-corrected chi connectivity index (χ0v) is 16.5. The maximum Gasteiger partial charge on any atom is 0.514 e. The maximum absolute atomic E-state index is 12.0. The lowest BCUT2D eigenvalue weighted by Gasteiger charge is -2.16. The van der Waals surface area contributed by atoms with Crippen molar-refractivity contribution < 1.29 is 19.2 Å². The fourth-order valence-electron chi connectivity index (χ4n) is 2.86. The molecular formula is C20H30N2O6. The topological polar surface area (TPSA) is 108 Å². The van der Waals surface area contributed by atoms with Crippen LogP contribution in [0.3, 0.4) is 0 Å². The smallest absolute Gasteiger partial charge is 0.431 e. The Morgan fingerprint density at radius 3 is 2.21 bits per heavy atom. The fraction of sp³-hybridized carbons (Fsp3) is 0.650. The second kappa shape index (κ2) is 14.5. The summed E-state index contributed by atoms with van der Waals surface area (Å²) in [4.78, 5) is 32.4. The van der Waals surface area contributed by atoms with Gasteiger partial charge in [0.05, 0.1) is 11.5 Å². The minimum Gasteiger partial charge on any atom is -0.431 e. The Bertz CT molecular complexity index is 591. The van der Waals surface area contributed by atoms with E-state index in [1.54, 1.807) is 0 Å². The van der Waals surface area contributed by atoms with Gasteiger partial charge in [-0.1, -0.05) is 57.0 Å². The van der Waals surface area contributed by atoms with E-state index in [0.717, 1.165) is 19.3 Å². The van der Waals surface area contributed by atoms with Crippen LogP contribution < -0.4 is 4.74 Å².